The third kappa shape index (κ3) is 5.92. The van der Waals surface area contributed by atoms with Crippen molar-refractivity contribution in [1.29, 1.82) is 0 Å². The van der Waals surface area contributed by atoms with Gasteiger partial charge in [0.1, 0.15) is 23.9 Å². The van der Waals surface area contributed by atoms with E-state index in [0.717, 1.165) is 16.9 Å². The van der Waals surface area contributed by atoms with Gasteiger partial charge >= 0.3 is 0 Å². The molecule has 0 radical (unpaired) electrons. The van der Waals surface area contributed by atoms with Gasteiger partial charge in [-0.05, 0) is 54.4 Å². The van der Waals surface area contributed by atoms with Crippen molar-refractivity contribution in [3.8, 4) is 11.5 Å². The molecule has 0 saturated heterocycles. The van der Waals surface area contributed by atoms with Crippen LogP contribution in [0.4, 0.5) is 10.1 Å². The van der Waals surface area contributed by atoms with E-state index in [1.165, 1.54) is 12.1 Å². The highest BCUT2D eigenvalue weighted by Crippen LogP contribution is 2.29. The van der Waals surface area contributed by atoms with Crippen molar-refractivity contribution in [2.45, 2.75) is 32.4 Å². The van der Waals surface area contributed by atoms with Crippen LogP contribution in [0.25, 0.3) is 0 Å². The van der Waals surface area contributed by atoms with Crippen molar-refractivity contribution in [1.82, 2.24) is 4.90 Å². The van der Waals surface area contributed by atoms with Gasteiger partial charge in [-0.2, -0.15) is 0 Å². The smallest absolute Gasteiger partial charge is 0.264 e. The predicted octanol–water partition coefficient (Wildman–Crippen LogP) is 4.59. The molecule has 0 fully saturated rings. The lowest BCUT2D eigenvalue weighted by Crippen LogP contribution is -2.41. The summed E-state index contributed by atoms with van der Waals surface area (Å²) in [6.45, 7) is 3.03. The minimum Gasteiger partial charge on any atom is -0.492 e. The van der Waals surface area contributed by atoms with E-state index in [4.69, 9.17) is 9.47 Å². The largest absolute Gasteiger partial charge is 0.492 e. The molecular formula is C27H27FN2O4. The van der Waals surface area contributed by atoms with E-state index in [9.17, 15) is 14.0 Å². The molecule has 1 aliphatic rings. The Kier molecular flexibility index (Phi) is 7.42. The maximum absolute atomic E-state index is 13.1. The van der Waals surface area contributed by atoms with Crippen molar-refractivity contribution in [2.75, 3.05) is 18.5 Å². The Hall–Kier alpha value is -3.87. The average Bonchev–Trinajstić information content (AvgIpc) is 2.97. The van der Waals surface area contributed by atoms with Crippen LogP contribution in [-0.2, 0) is 22.6 Å². The number of benzene rings is 3. The molecule has 3 aromatic carbocycles. The number of carbonyl (C=O) groups is 2. The summed E-state index contributed by atoms with van der Waals surface area (Å²) in [7, 11) is 0. The molecule has 3 aromatic rings. The van der Waals surface area contributed by atoms with Crippen LogP contribution in [-0.4, -0.2) is 36.0 Å². The lowest BCUT2D eigenvalue weighted by Gasteiger charge is -2.23. The molecule has 34 heavy (non-hydrogen) atoms. The number of para-hydroxylation sites is 1. The van der Waals surface area contributed by atoms with Crippen LogP contribution in [0.1, 0.15) is 24.5 Å². The number of carbonyl (C=O) groups excluding carboxylic acids is 2. The van der Waals surface area contributed by atoms with Crippen molar-refractivity contribution in [2.24, 2.45) is 0 Å². The zero-order valence-electron chi connectivity index (χ0n) is 19.0. The van der Waals surface area contributed by atoms with Crippen LogP contribution in [0.15, 0.2) is 72.8 Å². The molecule has 0 saturated carbocycles. The Labute approximate surface area is 198 Å². The topological polar surface area (TPSA) is 67.9 Å². The molecule has 1 aliphatic heterocycles. The maximum Gasteiger partial charge on any atom is 0.264 e. The van der Waals surface area contributed by atoms with Crippen molar-refractivity contribution >= 4 is 17.5 Å². The fourth-order valence-corrected chi connectivity index (χ4v) is 3.82. The SMILES string of the molecule is CCC1Oc2ccc(NC(=O)Cc3ccc(F)cc3)cc2CN(CCOc2ccccc2)C1=O. The summed E-state index contributed by atoms with van der Waals surface area (Å²) < 4.78 is 24.9. The van der Waals surface area contributed by atoms with Gasteiger partial charge < -0.3 is 19.7 Å². The fraction of sp³-hybridized carbons (Fsp3) is 0.259. The summed E-state index contributed by atoms with van der Waals surface area (Å²) in [5, 5.41) is 2.88. The minimum atomic E-state index is -0.572. The molecule has 0 spiro atoms. The third-order valence-electron chi connectivity index (χ3n) is 5.58. The molecule has 0 aliphatic carbocycles. The zero-order valence-corrected chi connectivity index (χ0v) is 19.0. The van der Waals surface area contributed by atoms with Crippen LogP contribution < -0.4 is 14.8 Å². The molecule has 2 amide bonds. The minimum absolute atomic E-state index is 0.0859. The normalized spacial score (nSPS) is 15.2. The Bertz CT molecular complexity index is 1140. The summed E-state index contributed by atoms with van der Waals surface area (Å²) in [6, 6.07) is 20.7. The number of hydrogen-bond donors (Lipinski definition) is 1. The van der Waals surface area contributed by atoms with Crippen molar-refractivity contribution < 1.29 is 23.5 Å². The number of nitrogens with zero attached hydrogens (tertiary/aromatic N) is 1. The molecule has 176 valence electrons. The highest BCUT2D eigenvalue weighted by molar-refractivity contribution is 5.92. The van der Waals surface area contributed by atoms with Gasteiger partial charge in [-0.1, -0.05) is 37.3 Å². The lowest BCUT2D eigenvalue weighted by atomic mass is 10.1. The molecule has 1 atom stereocenters. The first-order chi connectivity index (χ1) is 16.5. The molecule has 6 nitrogen and oxygen atoms in total. The van der Waals surface area contributed by atoms with Gasteiger partial charge in [-0.25, -0.2) is 4.39 Å². The van der Waals surface area contributed by atoms with Crippen LogP contribution in [0.3, 0.4) is 0 Å². The number of anilines is 1. The number of fused-ring (bicyclic) bond motifs is 1. The summed E-state index contributed by atoms with van der Waals surface area (Å²) >= 11 is 0. The lowest BCUT2D eigenvalue weighted by molar-refractivity contribution is -0.138. The molecule has 1 heterocycles. The van der Waals surface area contributed by atoms with Gasteiger partial charge in [-0.3, -0.25) is 9.59 Å². The second kappa shape index (κ2) is 10.8. The van der Waals surface area contributed by atoms with Crippen LogP contribution in [0, 0.1) is 5.82 Å². The van der Waals surface area contributed by atoms with Gasteiger partial charge in [0, 0.05) is 17.8 Å². The zero-order chi connectivity index (χ0) is 23.9. The summed E-state index contributed by atoms with van der Waals surface area (Å²) in [5.41, 5.74) is 2.14. The van der Waals surface area contributed by atoms with Crippen LogP contribution in [0.2, 0.25) is 0 Å². The number of hydrogen-bond acceptors (Lipinski definition) is 4. The van der Waals surface area contributed by atoms with E-state index in [0.29, 0.717) is 37.6 Å². The number of rotatable bonds is 8. The van der Waals surface area contributed by atoms with Crippen LogP contribution in [0.5, 0.6) is 11.5 Å². The molecule has 0 bridgehead atoms. The maximum atomic E-state index is 13.1. The molecule has 7 heteroatoms. The van der Waals surface area contributed by atoms with E-state index >= 15 is 0 Å². The first-order valence-electron chi connectivity index (χ1n) is 11.3. The first kappa shape index (κ1) is 23.3. The van der Waals surface area contributed by atoms with Crippen LogP contribution >= 0.6 is 0 Å². The van der Waals surface area contributed by atoms with Gasteiger partial charge in [0.15, 0.2) is 6.10 Å². The summed E-state index contributed by atoms with van der Waals surface area (Å²) in [4.78, 5) is 27.2. The summed E-state index contributed by atoms with van der Waals surface area (Å²) in [6.07, 6.45) is 0.106. The van der Waals surface area contributed by atoms with Crippen molar-refractivity contribution in [3.05, 3.63) is 89.7 Å². The fourth-order valence-electron chi connectivity index (χ4n) is 3.82. The van der Waals surface area contributed by atoms with E-state index in [1.807, 2.05) is 43.3 Å². The Morgan fingerprint density at radius 3 is 2.62 bits per heavy atom. The first-order valence-corrected chi connectivity index (χ1v) is 11.3. The second-order valence-electron chi connectivity index (χ2n) is 8.11. The summed E-state index contributed by atoms with van der Waals surface area (Å²) in [5.74, 6) is 0.741. The molecule has 0 aromatic heterocycles. The predicted molar refractivity (Wildman–Crippen MR) is 127 cm³/mol. The highest BCUT2D eigenvalue weighted by Gasteiger charge is 2.30. The van der Waals surface area contributed by atoms with Crippen molar-refractivity contribution in [3.63, 3.8) is 0 Å². The number of halogens is 1. The quantitative estimate of drug-likeness (QED) is 0.532. The van der Waals surface area contributed by atoms with Gasteiger partial charge in [-0.15, -0.1) is 0 Å². The number of ether oxygens (including phenoxy) is 2. The van der Waals surface area contributed by atoms with E-state index in [2.05, 4.69) is 5.32 Å². The third-order valence-corrected chi connectivity index (χ3v) is 5.58. The van der Waals surface area contributed by atoms with Gasteiger partial charge in [0.05, 0.1) is 13.0 Å². The van der Waals surface area contributed by atoms with E-state index < -0.39 is 6.10 Å². The Morgan fingerprint density at radius 1 is 1.12 bits per heavy atom. The Morgan fingerprint density at radius 2 is 1.88 bits per heavy atom. The number of amides is 2. The second-order valence-corrected chi connectivity index (χ2v) is 8.11. The van der Waals surface area contributed by atoms with E-state index in [1.54, 1.807) is 29.2 Å². The monoisotopic (exact) mass is 462 g/mol. The molecule has 1 unspecified atom stereocenters. The average molecular weight is 463 g/mol. The Balaban J connectivity index is 1.44. The molecule has 1 N–H and O–H groups in total. The van der Waals surface area contributed by atoms with E-state index in [-0.39, 0.29) is 24.1 Å². The number of nitrogens with one attached hydrogen (secondary N) is 1. The van der Waals surface area contributed by atoms with Gasteiger partial charge in [0.2, 0.25) is 5.91 Å². The van der Waals surface area contributed by atoms with Gasteiger partial charge in [0.25, 0.3) is 5.91 Å². The molecule has 4 rings (SSSR count). The molecular weight excluding hydrogens is 435 g/mol. The highest BCUT2D eigenvalue weighted by atomic mass is 19.1. The standard InChI is InChI=1S/C27H27FN2O4/c1-2-24-27(32)30(14-15-33-23-6-4-3-5-7-23)18-20-17-22(12-13-25(20)34-24)29-26(31)16-19-8-10-21(28)11-9-19/h3-13,17,24H,2,14-16,18H2,1H3,(H,29,31).